The van der Waals surface area contributed by atoms with E-state index >= 15 is 0 Å². The van der Waals surface area contributed by atoms with Crippen LogP contribution in [0, 0.1) is 13.8 Å². The van der Waals surface area contributed by atoms with Crippen LogP contribution in [0.2, 0.25) is 5.02 Å². The molecule has 0 unspecified atom stereocenters. The zero-order valence-electron chi connectivity index (χ0n) is 17.3. The summed E-state index contributed by atoms with van der Waals surface area (Å²) >= 11 is 8.00. The highest BCUT2D eigenvalue weighted by Gasteiger charge is 2.31. The molecule has 5 nitrogen and oxygen atoms in total. The number of hydrogen-bond donors (Lipinski definition) is 1. The Hall–Kier alpha value is -2.18. The SMILES string of the molecule is Cc1sc2c(c1C)C(c1ccccc1Cl)=NCC(=O)N2CC(=O)NC1CCCCC1. The lowest BCUT2D eigenvalue weighted by Crippen LogP contribution is -2.45. The maximum Gasteiger partial charge on any atom is 0.249 e. The van der Waals surface area contributed by atoms with Crippen LogP contribution in [-0.2, 0) is 9.59 Å². The van der Waals surface area contributed by atoms with Gasteiger partial charge in [0.05, 0.1) is 5.71 Å². The number of halogens is 1. The van der Waals surface area contributed by atoms with E-state index in [2.05, 4.69) is 10.3 Å². The van der Waals surface area contributed by atoms with Gasteiger partial charge in [0.1, 0.15) is 18.1 Å². The second kappa shape index (κ2) is 8.90. The van der Waals surface area contributed by atoms with Gasteiger partial charge in [-0.25, -0.2) is 0 Å². The predicted octanol–water partition coefficient (Wildman–Crippen LogP) is 4.65. The van der Waals surface area contributed by atoms with Gasteiger partial charge in [0.15, 0.2) is 0 Å². The van der Waals surface area contributed by atoms with E-state index in [0.29, 0.717) is 5.02 Å². The van der Waals surface area contributed by atoms with Gasteiger partial charge in [-0.2, -0.15) is 0 Å². The Labute approximate surface area is 186 Å². The van der Waals surface area contributed by atoms with E-state index in [-0.39, 0.29) is 30.9 Å². The number of carbonyl (C=O) groups is 2. The molecule has 7 heteroatoms. The van der Waals surface area contributed by atoms with Gasteiger partial charge in [0.25, 0.3) is 0 Å². The first kappa shape index (κ1) is 21.1. The molecule has 4 rings (SSSR count). The summed E-state index contributed by atoms with van der Waals surface area (Å²) in [4.78, 5) is 33.1. The van der Waals surface area contributed by atoms with E-state index in [4.69, 9.17) is 11.6 Å². The summed E-state index contributed by atoms with van der Waals surface area (Å²) in [6, 6.07) is 7.76. The molecule has 1 aliphatic carbocycles. The quantitative estimate of drug-likeness (QED) is 0.747. The van der Waals surface area contributed by atoms with E-state index in [9.17, 15) is 9.59 Å². The summed E-state index contributed by atoms with van der Waals surface area (Å²) in [6.45, 7) is 4.08. The summed E-state index contributed by atoms with van der Waals surface area (Å²) < 4.78 is 0. The Morgan fingerprint density at radius 2 is 1.97 bits per heavy atom. The van der Waals surface area contributed by atoms with Gasteiger partial charge in [-0.3, -0.25) is 19.5 Å². The number of aryl methyl sites for hydroxylation is 1. The molecule has 158 valence electrons. The van der Waals surface area contributed by atoms with Crippen molar-refractivity contribution in [3.63, 3.8) is 0 Å². The topological polar surface area (TPSA) is 61.8 Å². The molecule has 1 aliphatic heterocycles. The number of nitrogens with one attached hydrogen (secondary N) is 1. The Morgan fingerprint density at radius 1 is 1.23 bits per heavy atom. The monoisotopic (exact) mass is 443 g/mol. The van der Waals surface area contributed by atoms with Crippen molar-refractivity contribution in [2.24, 2.45) is 4.99 Å². The molecule has 1 saturated carbocycles. The minimum absolute atomic E-state index is 0.00282. The zero-order chi connectivity index (χ0) is 21.3. The van der Waals surface area contributed by atoms with Crippen LogP contribution in [-0.4, -0.2) is 36.7 Å². The molecule has 0 spiro atoms. The van der Waals surface area contributed by atoms with Crippen LogP contribution in [0.1, 0.15) is 53.7 Å². The first-order chi connectivity index (χ1) is 14.5. The van der Waals surface area contributed by atoms with E-state index in [0.717, 1.165) is 58.0 Å². The van der Waals surface area contributed by atoms with Crippen molar-refractivity contribution in [2.45, 2.75) is 52.0 Å². The lowest BCUT2D eigenvalue weighted by molar-refractivity contribution is -0.123. The van der Waals surface area contributed by atoms with Crippen molar-refractivity contribution in [1.82, 2.24) is 5.32 Å². The number of aliphatic imine (C=N–C) groups is 1. The maximum atomic E-state index is 13.0. The van der Waals surface area contributed by atoms with Crippen molar-refractivity contribution >= 4 is 45.5 Å². The molecule has 30 heavy (non-hydrogen) atoms. The number of carbonyl (C=O) groups excluding carboxylic acids is 2. The molecular weight excluding hydrogens is 418 g/mol. The standard InChI is InChI=1S/C23H26ClN3O2S/c1-14-15(2)30-23-21(14)22(17-10-6-7-11-18(17)24)25-12-20(29)27(23)13-19(28)26-16-8-4-3-5-9-16/h6-7,10-11,16H,3-5,8-9,12-13H2,1-2H3,(H,26,28). The number of hydrogen-bond acceptors (Lipinski definition) is 4. The van der Waals surface area contributed by atoms with Gasteiger partial charge in [-0.1, -0.05) is 49.1 Å². The van der Waals surface area contributed by atoms with Crippen molar-refractivity contribution in [3.05, 3.63) is 50.9 Å². The van der Waals surface area contributed by atoms with Gasteiger partial charge in [0, 0.05) is 27.1 Å². The summed E-state index contributed by atoms with van der Waals surface area (Å²) in [5, 5.41) is 4.51. The fourth-order valence-electron chi connectivity index (χ4n) is 4.20. The molecule has 2 heterocycles. The molecule has 1 aromatic heterocycles. The number of amides is 2. The first-order valence-electron chi connectivity index (χ1n) is 10.4. The second-order valence-corrected chi connectivity index (χ2v) is 9.60. The molecule has 1 N–H and O–H groups in total. The fraction of sp³-hybridized carbons (Fsp3) is 0.435. The fourth-order valence-corrected chi connectivity index (χ4v) is 5.60. The second-order valence-electron chi connectivity index (χ2n) is 7.99. The largest absolute Gasteiger partial charge is 0.352 e. The molecule has 0 atom stereocenters. The highest BCUT2D eigenvalue weighted by atomic mass is 35.5. The number of fused-ring (bicyclic) bond motifs is 1. The van der Waals surface area contributed by atoms with E-state index in [1.807, 2.05) is 38.1 Å². The number of thiophene rings is 1. The smallest absolute Gasteiger partial charge is 0.249 e. The average Bonchev–Trinajstić information content (AvgIpc) is 2.95. The van der Waals surface area contributed by atoms with Crippen LogP contribution < -0.4 is 10.2 Å². The minimum Gasteiger partial charge on any atom is -0.352 e. The van der Waals surface area contributed by atoms with Crippen molar-refractivity contribution in [1.29, 1.82) is 0 Å². The molecule has 1 fully saturated rings. The van der Waals surface area contributed by atoms with Crippen LogP contribution in [0.3, 0.4) is 0 Å². The number of anilines is 1. The van der Waals surface area contributed by atoms with Crippen molar-refractivity contribution in [2.75, 3.05) is 18.0 Å². The average molecular weight is 444 g/mol. The van der Waals surface area contributed by atoms with Gasteiger partial charge in [0.2, 0.25) is 11.8 Å². The molecule has 0 bridgehead atoms. The Morgan fingerprint density at radius 3 is 2.70 bits per heavy atom. The van der Waals surface area contributed by atoms with Crippen LogP contribution in [0.5, 0.6) is 0 Å². The summed E-state index contributed by atoms with van der Waals surface area (Å²) in [5.41, 5.74) is 3.51. The van der Waals surface area contributed by atoms with Crippen LogP contribution >= 0.6 is 22.9 Å². The lowest BCUT2D eigenvalue weighted by Gasteiger charge is -2.25. The highest BCUT2D eigenvalue weighted by molar-refractivity contribution is 7.17. The summed E-state index contributed by atoms with van der Waals surface area (Å²) in [5.74, 6) is -0.274. The van der Waals surface area contributed by atoms with Gasteiger partial charge < -0.3 is 5.32 Å². The zero-order valence-corrected chi connectivity index (χ0v) is 18.9. The Bertz CT molecular complexity index is 1010. The number of benzene rings is 1. The normalized spacial score (nSPS) is 17.4. The van der Waals surface area contributed by atoms with E-state index in [1.54, 1.807) is 4.90 Å². The molecule has 1 aromatic carbocycles. The molecule has 2 amide bonds. The molecular formula is C23H26ClN3O2S. The molecule has 0 radical (unpaired) electrons. The summed E-state index contributed by atoms with van der Waals surface area (Å²) in [7, 11) is 0. The van der Waals surface area contributed by atoms with E-state index < -0.39 is 0 Å². The van der Waals surface area contributed by atoms with Crippen molar-refractivity contribution < 1.29 is 9.59 Å². The third-order valence-corrected chi connectivity index (χ3v) is 7.48. The van der Waals surface area contributed by atoms with Crippen molar-refractivity contribution in [3.8, 4) is 0 Å². The van der Waals surface area contributed by atoms with Crippen LogP contribution in [0.25, 0.3) is 0 Å². The first-order valence-corrected chi connectivity index (χ1v) is 11.6. The Balaban J connectivity index is 1.67. The highest BCUT2D eigenvalue weighted by Crippen LogP contribution is 2.39. The Kier molecular flexibility index (Phi) is 6.25. The van der Waals surface area contributed by atoms with Crippen LogP contribution in [0.15, 0.2) is 29.3 Å². The molecule has 2 aromatic rings. The maximum absolute atomic E-state index is 13.0. The third-order valence-electron chi connectivity index (χ3n) is 5.92. The van der Waals surface area contributed by atoms with Gasteiger partial charge >= 0.3 is 0 Å². The third kappa shape index (κ3) is 4.16. The minimum atomic E-state index is -0.168. The van der Waals surface area contributed by atoms with Gasteiger partial charge in [-0.05, 0) is 38.3 Å². The molecule has 2 aliphatic rings. The van der Waals surface area contributed by atoms with Gasteiger partial charge in [-0.15, -0.1) is 11.3 Å². The van der Waals surface area contributed by atoms with Crippen LogP contribution in [0.4, 0.5) is 5.00 Å². The number of rotatable bonds is 4. The lowest BCUT2D eigenvalue weighted by atomic mass is 9.95. The molecule has 0 saturated heterocycles. The number of nitrogens with zero attached hydrogens (tertiary/aromatic N) is 2. The summed E-state index contributed by atoms with van der Waals surface area (Å²) in [6.07, 6.45) is 5.56. The van der Waals surface area contributed by atoms with E-state index in [1.165, 1.54) is 17.8 Å². The predicted molar refractivity (Wildman–Crippen MR) is 123 cm³/mol.